The van der Waals surface area contributed by atoms with Gasteiger partial charge in [-0.05, 0) is 58.2 Å². The second kappa shape index (κ2) is 10.3. The lowest BCUT2D eigenvalue weighted by molar-refractivity contribution is 0.0786. The molecule has 34 heavy (non-hydrogen) atoms. The number of nitrogens with one attached hydrogen (secondary N) is 1. The molecular formula is C25H31ClFN5O2. The van der Waals surface area contributed by atoms with Crippen LogP contribution in [0.1, 0.15) is 60.2 Å². The number of benzene rings is 1. The molecule has 0 bridgehead atoms. The summed E-state index contributed by atoms with van der Waals surface area (Å²) in [6.07, 6.45) is 3.65. The Balaban J connectivity index is 1.50. The molecular weight excluding hydrogens is 457 g/mol. The number of aromatic nitrogens is 2. The number of halogens is 2. The number of rotatable bonds is 6. The number of hydrogen-bond acceptors (Lipinski definition) is 6. The molecule has 2 aromatic rings. The molecule has 0 unspecified atom stereocenters. The summed E-state index contributed by atoms with van der Waals surface area (Å²) in [5, 5.41) is 3.98. The first-order chi connectivity index (χ1) is 16.3. The van der Waals surface area contributed by atoms with Crippen LogP contribution in [0.25, 0.3) is 5.57 Å². The molecule has 1 aliphatic heterocycles. The average molecular weight is 488 g/mol. The van der Waals surface area contributed by atoms with Crippen LogP contribution in [0, 0.1) is 19.7 Å². The zero-order valence-corrected chi connectivity index (χ0v) is 20.6. The first-order valence-corrected chi connectivity index (χ1v) is 12.1. The minimum absolute atomic E-state index is 0.0472. The highest BCUT2D eigenvalue weighted by Gasteiger charge is 2.31. The van der Waals surface area contributed by atoms with Gasteiger partial charge >= 0.3 is 0 Å². The average Bonchev–Trinajstić information content (AvgIpc) is 3.20. The molecule has 4 rings (SSSR count). The molecule has 1 saturated carbocycles. The lowest BCUT2D eigenvalue weighted by Gasteiger charge is -2.30. The minimum Gasteiger partial charge on any atom is -0.489 e. The molecule has 7 nitrogen and oxygen atoms in total. The van der Waals surface area contributed by atoms with Crippen LogP contribution in [0.5, 0.6) is 5.75 Å². The van der Waals surface area contributed by atoms with Gasteiger partial charge in [0.15, 0.2) is 5.82 Å². The Kier molecular flexibility index (Phi) is 7.38. The van der Waals surface area contributed by atoms with E-state index in [4.69, 9.17) is 22.1 Å². The van der Waals surface area contributed by atoms with E-state index in [1.165, 1.54) is 18.2 Å². The molecule has 1 aromatic carbocycles. The quantitative estimate of drug-likeness (QED) is 0.639. The largest absolute Gasteiger partial charge is 0.489 e. The zero-order valence-electron chi connectivity index (χ0n) is 19.8. The molecule has 182 valence electrons. The topological polar surface area (TPSA) is 93.4 Å². The highest BCUT2D eigenvalue weighted by molar-refractivity contribution is 6.31. The van der Waals surface area contributed by atoms with Gasteiger partial charge < -0.3 is 20.7 Å². The van der Waals surface area contributed by atoms with Gasteiger partial charge in [0.1, 0.15) is 11.6 Å². The van der Waals surface area contributed by atoms with Crippen molar-refractivity contribution in [2.24, 2.45) is 5.73 Å². The van der Waals surface area contributed by atoms with Crippen molar-refractivity contribution in [1.29, 1.82) is 0 Å². The fraction of sp³-hybridized carbons (Fsp3) is 0.480. The summed E-state index contributed by atoms with van der Waals surface area (Å²) in [5.41, 5.74) is 9.15. The van der Waals surface area contributed by atoms with Gasteiger partial charge in [-0.2, -0.15) is 0 Å². The summed E-state index contributed by atoms with van der Waals surface area (Å²) < 4.78 is 20.2. The number of aryl methyl sites for hydroxylation is 2. The van der Waals surface area contributed by atoms with E-state index in [9.17, 15) is 9.18 Å². The number of ether oxygens (including phenoxy) is 1. The smallest absolute Gasteiger partial charge is 0.258 e. The first-order valence-electron chi connectivity index (χ1n) is 11.7. The van der Waals surface area contributed by atoms with Crippen molar-refractivity contribution < 1.29 is 13.9 Å². The monoisotopic (exact) mass is 487 g/mol. The molecule has 2 heterocycles. The van der Waals surface area contributed by atoms with Crippen molar-refractivity contribution in [2.75, 3.05) is 19.6 Å². The van der Waals surface area contributed by atoms with Crippen molar-refractivity contribution in [3.05, 3.63) is 57.5 Å². The molecule has 1 amide bonds. The Morgan fingerprint density at radius 3 is 2.53 bits per heavy atom. The molecule has 1 aliphatic carbocycles. The fourth-order valence-corrected chi connectivity index (χ4v) is 4.72. The van der Waals surface area contributed by atoms with E-state index in [1.54, 1.807) is 4.90 Å². The molecule has 0 saturated heterocycles. The number of nitrogens with two attached hydrogens (primary N) is 1. The van der Waals surface area contributed by atoms with E-state index in [0.717, 1.165) is 32.2 Å². The third-order valence-corrected chi connectivity index (χ3v) is 7.02. The van der Waals surface area contributed by atoms with Gasteiger partial charge in [-0.15, -0.1) is 0 Å². The van der Waals surface area contributed by atoms with Crippen LogP contribution < -0.4 is 15.8 Å². The maximum absolute atomic E-state index is 14.1. The number of carbonyl (C=O) groups is 1. The Morgan fingerprint density at radius 2 is 1.88 bits per heavy atom. The summed E-state index contributed by atoms with van der Waals surface area (Å²) in [6, 6.07) is 4.55. The van der Waals surface area contributed by atoms with E-state index >= 15 is 0 Å². The third-order valence-electron chi connectivity index (χ3n) is 6.47. The lowest BCUT2D eigenvalue weighted by atomic mass is 9.93. The van der Waals surface area contributed by atoms with Gasteiger partial charge in [0.25, 0.3) is 5.91 Å². The standard InChI is InChI=1S/C25H31ClFN5O2/c1-4-29-17-6-8-18(9-7-17)34-22-11-16(27)5-10-19(22)25(33)32-12-20(21(28)13-32)24-30-14(2)23(26)15(3)31-24/h5,10-11,17-18,29H,4,6-9,12-13,28H2,1-3H3. The van der Waals surface area contributed by atoms with Gasteiger partial charge in [0, 0.05) is 23.4 Å². The summed E-state index contributed by atoms with van der Waals surface area (Å²) in [5.74, 6) is 0.0448. The summed E-state index contributed by atoms with van der Waals surface area (Å²) >= 11 is 6.20. The summed E-state index contributed by atoms with van der Waals surface area (Å²) in [7, 11) is 0. The van der Waals surface area contributed by atoms with Crippen molar-refractivity contribution in [3.63, 3.8) is 0 Å². The van der Waals surface area contributed by atoms with Crippen LogP contribution in [0.4, 0.5) is 4.39 Å². The normalized spacial score (nSPS) is 20.7. The van der Waals surface area contributed by atoms with Crippen molar-refractivity contribution >= 4 is 23.1 Å². The van der Waals surface area contributed by atoms with E-state index in [0.29, 0.717) is 45.1 Å². The van der Waals surface area contributed by atoms with Crippen molar-refractivity contribution in [3.8, 4) is 5.75 Å². The Hall–Kier alpha value is -2.71. The van der Waals surface area contributed by atoms with Gasteiger partial charge in [-0.25, -0.2) is 14.4 Å². The number of hydrogen-bond donors (Lipinski definition) is 2. The van der Waals surface area contributed by atoms with Crippen LogP contribution in [0.3, 0.4) is 0 Å². The molecule has 1 aromatic heterocycles. The number of carbonyl (C=O) groups excluding carboxylic acids is 1. The van der Waals surface area contributed by atoms with Gasteiger partial charge in [0.05, 0.1) is 41.2 Å². The molecule has 0 radical (unpaired) electrons. The lowest BCUT2D eigenvalue weighted by Crippen LogP contribution is -2.36. The maximum atomic E-state index is 14.1. The van der Waals surface area contributed by atoms with Crippen LogP contribution in [0.2, 0.25) is 5.02 Å². The second-order valence-electron chi connectivity index (χ2n) is 8.99. The van der Waals surface area contributed by atoms with Crippen LogP contribution in [0.15, 0.2) is 23.9 Å². The Morgan fingerprint density at radius 1 is 1.21 bits per heavy atom. The van der Waals surface area contributed by atoms with Gasteiger partial charge in [0.2, 0.25) is 0 Å². The van der Waals surface area contributed by atoms with Crippen LogP contribution in [-0.4, -0.2) is 52.6 Å². The number of amides is 1. The summed E-state index contributed by atoms with van der Waals surface area (Å²) in [4.78, 5) is 24.0. The highest BCUT2D eigenvalue weighted by Crippen LogP contribution is 2.31. The molecule has 2 aliphatic rings. The van der Waals surface area contributed by atoms with E-state index in [2.05, 4.69) is 22.2 Å². The summed E-state index contributed by atoms with van der Waals surface area (Å²) in [6.45, 7) is 7.15. The minimum atomic E-state index is -0.437. The first kappa shape index (κ1) is 24.4. The second-order valence-corrected chi connectivity index (χ2v) is 9.36. The van der Waals surface area contributed by atoms with Crippen molar-refractivity contribution in [2.45, 2.75) is 58.6 Å². The number of nitrogens with zero attached hydrogens (tertiary/aromatic N) is 3. The van der Waals surface area contributed by atoms with Crippen molar-refractivity contribution in [1.82, 2.24) is 20.2 Å². The predicted octanol–water partition coefficient (Wildman–Crippen LogP) is 4.01. The molecule has 9 heteroatoms. The molecule has 0 atom stereocenters. The van der Waals surface area contributed by atoms with Crippen LogP contribution in [-0.2, 0) is 0 Å². The van der Waals surface area contributed by atoms with E-state index in [-0.39, 0.29) is 30.9 Å². The molecule has 3 N–H and O–H groups in total. The predicted molar refractivity (Wildman–Crippen MR) is 130 cm³/mol. The third kappa shape index (κ3) is 5.18. The molecule has 1 fully saturated rings. The van der Waals surface area contributed by atoms with E-state index < -0.39 is 5.82 Å². The molecule has 0 spiro atoms. The Bertz CT molecular complexity index is 1090. The van der Waals surface area contributed by atoms with Crippen LogP contribution >= 0.6 is 11.6 Å². The fourth-order valence-electron chi connectivity index (χ4n) is 4.64. The van der Waals surface area contributed by atoms with Gasteiger partial charge in [-0.1, -0.05) is 18.5 Å². The SMILES string of the molecule is CCNC1CCC(Oc2cc(F)ccc2C(=O)N2CC(N)=C(c3nc(C)c(Cl)c(C)n3)C2)CC1. The zero-order chi connectivity index (χ0) is 24.4. The Labute approximate surface area is 204 Å². The highest BCUT2D eigenvalue weighted by atomic mass is 35.5. The maximum Gasteiger partial charge on any atom is 0.258 e. The van der Waals surface area contributed by atoms with E-state index in [1.807, 2.05) is 13.8 Å². The van der Waals surface area contributed by atoms with Gasteiger partial charge in [-0.3, -0.25) is 4.79 Å².